The molecule has 0 rings (SSSR count). The smallest absolute Gasteiger partial charge is 0.265 e. The van der Waals surface area contributed by atoms with Crippen LogP contribution in [-0.2, 0) is 9.16 Å². The highest BCUT2D eigenvalue weighted by atomic mass is 28.4. The molecule has 0 N–H and O–H groups in total. The molecule has 0 spiro atoms. The number of methoxy groups -OCH3 is 1. The Bertz CT molecular complexity index is 189. The maximum atomic E-state index is 5.61. The van der Waals surface area contributed by atoms with E-state index in [-0.39, 0.29) is 0 Å². The van der Waals surface area contributed by atoms with Gasteiger partial charge in [0.05, 0.1) is 7.11 Å². The van der Waals surface area contributed by atoms with Crippen LogP contribution in [0.2, 0.25) is 19.6 Å². The summed E-state index contributed by atoms with van der Waals surface area (Å²) in [5.41, 5.74) is 0.935. The van der Waals surface area contributed by atoms with Crippen LogP contribution in [0.4, 0.5) is 0 Å². The Hall–Kier alpha value is -0.703. The highest BCUT2D eigenvalue weighted by molar-refractivity contribution is 6.69. The lowest BCUT2D eigenvalue weighted by Gasteiger charge is -2.20. The second kappa shape index (κ2) is 4.35. The van der Waals surface area contributed by atoms with Gasteiger partial charge < -0.3 is 9.16 Å². The van der Waals surface area contributed by atoms with Gasteiger partial charge in [0.15, 0.2) is 0 Å². The quantitative estimate of drug-likeness (QED) is 0.382. The summed E-state index contributed by atoms with van der Waals surface area (Å²) >= 11 is 0. The Kier molecular flexibility index (Phi) is 4.10. The molecule has 0 aromatic rings. The Labute approximate surface area is 76.0 Å². The largest absolute Gasteiger partial charge is 0.520 e. The van der Waals surface area contributed by atoms with E-state index in [1.54, 1.807) is 13.2 Å². The zero-order chi connectivity index (χ0) is 9.78. The number of allylic oxidation sites excluding steroid dienone is 2. The number of ether oxygens (including phenoxy) is 1. The Morgan fingerprint density at radius 2 is 1.83 bits per heavy atom. The van der Waals surface area contributed by atoms with Crippen molar-refractivity contribution in [1.82, 2.24) is 0 Å². The van der Waals surface area contributed by atoms with Crippen LogP contribution < -0.4 is 0 Å². The second-order valence-electron chi connectivity index (χ2n) is 3.73. The van der Waals surface area contributed by atoms with E-state index in [2.05, 4.69) is 26.2 Å². The minimum Gasteiger partial charge on any atom is -0.520 e. The molecule has 0 saturated heterocycles. The molecule has 0 radical (unpaired) electrons. The van der Waals surface area contributed by atoms with Crippen LogP contribution in [0.15, 0.2) is 24.2 Å². The van der Waals surface area contributed by atoms with E-state index in [1.807, 2.05) is 6.92 Å². The molecule has 0 saturated carbocycles. The van der Waals surface area contributed by atoms with Crippen LogP contribution in [0.1, 0.15) is 6.92 Å². The SMILES string of the molecule is C=C(C)C=C(OC)O[Si](C)(C)C. The highest BCUT2D eigenvalue weighted by Gasteiger charge is 2.17. The monoisotopic (exact) mass is 186 g/mol. The topological polar surface area (TPSA) is 18.5 Å². The highest BCUT2D eigenvalue weighted by Crippen LogP contribution is 2.12. The summed E-state index contributed by atoms with van der Waals surface area (Å²) in [7, 11) is 0.0636. The number of hydrogen-bond acceptors (Lipinski definition) is 2. The molecular weight excluding hydrogens is 168 g/mol. The summed E-state index contributed by atoms with van der Waals surface area (Å²) in [5.74, 6) is 0.571. The molecule has 0 aliphatic rings. The molecule has 0 aliphatic carbocycles. The summed E-state index contributed by atoms with van der Waals surface area (Å²) < 4.78 is 10.7. The van der Waals surface area contributed by atoms with Gasteiger partial charge in [0.2, 0.25) is 8.32 Å². The van der Waals surface area contributed by atoms with Crippen LogP contribution in [0.3, 0.4) is 0 Å². The molecule has 12 heavy (non-hydrogen) atoms. The lowest BCUT2D eigenvalue weighted by Crippen LogP contribution is -2.25. The standard InChI is InChI=1S/C9H18O2Si/c1-8(2)7-9(10-3)11-12(4,5)6/h7H,1H2,2-6H3. The third-order valence-corrected chi connectivity index (χ3v) is 1.79. The summed E-state index contributed by atoms with van der Waals surface area (Å²) in [5, 5.41) is 0. The first-order valence-corrected chi connectivity index (χ1v) is 7.36. The fraction of sp³-hybridized carbons (Fsp3) is 0.556. The average Bonchev–Trinajstić information content (AvgIpc) is 1.82. The maximum absolute atomic E-state index is 5.61. The summed E-state index contributed by atoms with van der Waals surface area (Å²) in [6.45, 7) is 12.0. The van der Waals surface area contributed by atoms with E-state index in [0.717, 1.165) is 5.57 Å². The van der Waals surface area contributed by atoms with Gasteiger partial charge in [0.25, 0.3) is 5.95 Å². The van der Waals surface area contributed by atoms with Gasteiger partial charge in [-0.2, -0.15) is 0 Å². The fourth-order valence-electron chi connectivity index (χ4n) is 0.633. The minimum atomic E-state index is -1.54. The van der Waals surface area contributed by atoms with Gasteiger partial charge in [0.1, 0.15) is 0 Å². The Morgan fingerprint density at radius 1 is 1.33 bits per heavy atom. The van der Waals surface area contributed by atoms with Gasteiger partial charge in [-0.1, -0.05) is 12.2 Å². The van der Waals surface area contributed by atoms with Crippen LogP contribution in [-0.4, -0.2) is 15.4 Å². The molecule has 0 unspecified atom stereocenters. The second-order valence-corrected chi connectivity index (χ2v) is 8.16. The van der Waals surface area contributed by atoms with Crippen LogP contribution in [0, 0.1) is 0 Å². The van der Waals surface area contributed by atoms with Crippen LogP contribution in [0.5, 0.6) is 0 Å². The van der Waals surface area contributed by atoms with Crippen molar-refractivity contribution in [3.63, 3.8) is 0 Å². The molecule has 2 nitrogen and oxygen atoms in total. The van der Waals surface area contributed by atoms with Crippen molar-refractivity contribution in [3.8, 4) is 0 Å². The van der Waals surface area contributed by atoms with Gasteiger partial charge in [-0.15, -0.1) is 0 Å². The van der Waals surface area contributed by atoms with E-state index in [9.17, 15) is 0 Å². The van der Waals surface area contributed by atoms with E-state index in [0.29, 0.717) is 5.95 Å². The Balaban J connectivity index is 4.28. The van der Waals surface area contributed by atoms with E-state index in [4.69, 9.17) is 9.16 Å². The molecular formula is C9H18O2Si. The van der Waals surface area contributed by atoms with Crippen molar-refractivity contribution in [3.05, 3.63) is 24.2 Å². The van der Waals surface area contributed by atoms with Crippen molar-refractivity contribution < 1.29 is 9.16 Å². The molecule has 0 aromatic heterocycles. The molecule has 0 amide bonds. The van der Waals surface area contributed by atoms with Gasteiger partial charge in [-0.05, 0) is 26.6 Å². The van der Waals surface area contributed by atoms with Crippen LogP contribution in [0.25, 0.3) is 0 Å². The fourth-order valence-corrected chi connectivity index (χ4v) is 1.38. The number of rotatable bonds is 4. The molecule has 70 valence electrons. The first-order chi connectivity index (χ1) is 5.35. The van der Waals surface area contributed by atoms with Gasteiger partial charge >= 0.3 is 0 Å². The molecule has 0 aromatic carbocycles. The van der Waals surface area contributed by atoms with E-state index >= 15 is 0 Å². The third-order valence-electron chi connectivity index (χ3n) is 0.972. The summed E-state index contributed by atoms with van der Waals surface area (Å²) in [6.07, 6.45) is 1.80. The summed E-state index contributed by atoms with van der Waals surface area (Å²) in [4.78, 5) is 0. The van der Waals surface area contributed by atoms with Crippen molar-refractivity contribution in [2.24, 2.45) is 0 Å². The zero-order valence-corrected chi connectivity index (χ0v) is 9.60. The van der Waals surface area contributed by atoms with E-state index in [1.165, 1.54) is 0 Å². The first kappa shape index (κ1) is 11.3. The lowest BCUT2D eigenvalue weighted by atomic mass is 10.3. The van der Waals surface area contributed by atoms with Gasteiger partial charge in [0, 0.05) is 6.08 Å². The molecule has 3 heteroatoms. The molecule has 0 fully saturated rings. The summed E-state index contributed by atoms with van der Waals surface area (Å²) in [6, 6.07) is 0. The predicted molar refractivity (Wildman–Crippen MR) is 54.3 cm³/mol. The van der Waals surface area contributed by atoms with Gasteiger partial charge in [-0.3, -0.25) is 0 Å². The van der Waals surface area contributed by atoms with Crippen molar-refractivity contribution in [1.29, 1.82) is 0 Å². The zero-order valence-electron chi connectivity index (χ0n) is 8.60. The average molecular weight is 186 g/mol. The van der Waals surface area contributed by atoms with Crippen LogP contribution >= 0.6 is 0 Å². The van der Waals surface area contributed by atoms with Gasteiger partial charge in [-0.25, -0.2) is 0 Å². The predicted octanol–water partition coefficient (Wildman–Crippen LogP) is 2.90. The molecule has 0 heterocycles. The van der Waals surface area contributed by atoms with Crippen molar-refractivity contribution in [2.75, 3.05) is 7.11 Å². The number of hydrogen-bond donors (Lipinski definition) is 0. The Morgan fingerprint density at radius 3 is 2.08 bits per heavy atom. The lowest BCUT2D eigenvalue weighted by molar-refractivity contribution is 0.147. The maximum Gasteiger partial charge on any atom is 0.265 e. The third kappa shape index (κ3) is 6.04. The van der Waals surface area contributed by atoms with E-state index < -0.39 is 8.32 Å². The minimum absolute atomic E-state index is 0.571. The van der Waals surface area contributed by atoms with Crippen molar-refractivity contribution >= 4 is 8.32 Å². The normalized spacial score (nSPS) is 12.6. The van der Waals surface area contributed by atoms with Crippen molar-refractivity contribution in [2.45, 2.75) is 26.6 Å². The molecule has 0 aliphatic heterocycles. The molecule has 0 atom stereocenters. The molecule has 0 bridgehead atoms. The first-order valence-electron chi connectivity index (χ1n) is 3.95.